The first-order chi connectivity index (χ1) is 6.27. The number of rotatable bonds is 1. The van der Waals surface area contributed by atoms with Gasteiger partial charge < -0.3 is 0 Å². The molecule has 0 radical (unpaired) electrons. The maximum absolute atomic E-state index is 13.2. The molecule has 2 rings (SSSR count). The monoisotopic (exact) mass is 229 g/mol. The number of benzene rings is 1. The first-order valence-corrected chi connectivity index (χ1v) is 6.05. The third kappa shape index (κ3) is 1.82. The Bertz CT molecular complexity index is 474. The maximum Gasteiger partial charge on any atom is 0.191 e. The van der Waals surface area contributed by atoms with Gasteiger partial charge in [-0.1, -0.05) is 22.5 Å². The van der Waals surface area contributed by atoms with Gasteiger partial charge in [0.25, 0.3) is 0 Å². The van der Waals surface area contributed by atoms with Gasteiger partial charge in [-0.25, -0.2) is 9.37 Å². The van der Waals surface area contributed by atoms with Gasteiger partial charge in [0, 0.05) is 5.56 Å². The van der Waals surface area contributed by atoms with Crippen molar-refractivity contribution in [2.75, 3.05) is 0 Å². The summed E-state index contributed by atoms with van der Waals surface area (Å²) in [7, 11) is 2.79. The van der Waals surface area contributed by atoms with Crippen LogP contribution in [-0.4, -0.2) is 4.98 Å². The summed E-state index contributed by atoms with van der Waals surface area (Å²) in [6.45, 7) is 0. The molecule has 0 aliphatic rings. The fraction of sp³-hybridized carbons (Fsp3) is 0. The average Bonchev–Trinajstić information content (AvgIpc) is 2.53. The highest BCUT2D eigenvalue weighted by Crippen LogP contribution is 2.27. The predicted molar refractivity (Wildman–Crippen MR) is 56.2 cm³/mol. The van der Waals surface area contributed by atoms with E-state index >= 15 is 0 Å². The lowest BCUT2D eigenvalue weighted by atomic mass is 10.2. The highest BCUT2D eigenvalue weighted by molar-refractivity contribution is 7.79. The van der Waals surface area contributed by atoms with Crippen LogP contribution in [0.25, 0.3) is 10.6 Å². The molecule has 0 amide bonds. The molecule has 0 saturated heterocycles. The van der Waals surface area contributed by atoms with Crippen LogP contribution >= 0.6 is 32.9 Å². The van der Waals surface area contributed by atoms with Crippen LogP contribution in [0.2, 0.25) is 0 Å². The Kier molecular flexibility index (Phi) is 2.48. The quantitative estimate of drug-likeness (QED) is 0.546. The third-order valence-corrected chi connectivity index (χ3v) is 4.13. The van der Waals surface area contributed by atoms with E-state index in [2.05, 4.69) is 4.98 Å². The Morgan fingerprint density at radius 2 is 2.00 bits per heavy atom. The largest absolute Gasteiger partial charge is 0.214 e. The summed E-state index contributed by atoms with van der Waals surface area (Å²) < 4.78 is 13.8. The summed E-state index contributed by atoms with van der Waals surface area (Å²) in [5, 5.41) is 0.660. The Morgan fingerprint density at radius 1 is 1.23 bits per heavy atom. The van der Waals surface area contributed by atoms with Gasteiger partial charge >= 0.3 is 0 Å². The van der Waals surface area contributed by atoms with Crippen LogP contribution in [0.1, 0.15) is 0 Å². The average molecular weight is 229 g/mol. The van der Waals surface area contributed by atoms with Crippen LogP contribution in [0.4, 0.5) is 4.39 Å². The van der Waals surface area contributed by atoms with Crippen molar-refractivity contribution in [2.45, 2.75) is 0 Å². The van der Waals surface area contributed by atoms with Crippen molar-refractivity contribution in [3.05, 3.63) is 34.0 Å². The molecule has 0 saturated carbocycles. The normalized spacial score (nSPS) is 10.2. The highest BCUT2D eigenvalue weighted by atomic mass is 32.9. The van der Waals surface area contributed by atoms with Gasteiger partial charge in [-0.3, -0.25) is 0 Å². The Balaban J connectivity index is 2.58. The third-order valence-electron chi connectivity index (χ3n) is 1.49. The first-order valence-electron chi connectivity index (χ1n) is 3.49. The highest BCUT2D eigenvalue weighted by Gasteiger charge is 2.06. The lowest BCUT2D eigenvalue weighted by Crippen LogP contribution is -1.81. The molecule has 0 atom stereocenters. The molecule has 13 heavy (non-hydrogen) atoms. The molecule has 5 heteroatoms. The van der Waals surface area contributed by atoms with Crippen molar-refractivity contribution in [1.29, 1.82) is 0 Å². The summed E-state index contributed by atoms with van der Waals surface area (Å²) in [6, 6.07) is 6.57. The lowest BCUT2D eigenvalue weighted by molar-refractivity contribution is 0.631. The number of aromatic nitrogens is 1. The summed E-state index contributed by atoms with van der Waals surface area (Å²) in [6.07, 6.45) is 0. The molecule has 0 N–H and O–H groups in total. The smallest absolute Gasteiger partial charge is 0.191 e. The van der Waals surface area contributed by atoms with Gasteiger partial charge in [0.05, 0.1) is 0 Å². The Labute approximate surface area is 86.9 Å². The molecule has 66 valence electrons. The van der Waals surface area contributed by atoms with E-state index in [9.17, 15) is 4.39 Å². The molecule has 0 unspecified atom stereocenters. The van der Waals surface area contributed by atoms with Crippen LogP contribution in [0.5, 0.6) is 0 Å². The minimum Gasteiger partial charge on any atom is -0.214 e. The number of halogens is 1. The van der Waals surface area contributed by atoms with E-state index in [0.717, 1.165) is 0 Å². The molecule has 1 nitrogen and oxygen atoms in total. The lowest BCUT2D eigenvalue weighted by Gasteiger charge is -1.95. The van der Waals surface area contributed by atoms with Gasteiger partial charge in [-0.15, -0.1) is 0 Å². The summed E-state index contributed by atoms with van der Waals surface area (Å²) in [4.78, 5) is 4.05. The molecule has 0 aliphatic carbocycles. The summed E-state index contributed by atoms with van der Waals surface area (Å²) in [5.41, 5.74) is 0.528. The van der Waals surface area contributed by atoms with Crippen LogP contribution < -0.4 is 0 Å². The fourth-order valence-corrected chi connectivity index (χ4v) is 3.05. The molecule has 2 aromatic rings. The van der Waals surface area contributed by atoms with Crippen molar-refractivity contribution in [3.8, 4) is 10.6 Å². The Morgan fingerprint density at radius 3 is 2.62 bits per heavy atom. The zero-order valence-electron chi connectivity index (χ0n) is 6.36. The van der Waals surface area contributed by atoms with Crippen LogP contribution in [0.3, 0.4) is 0 Å². The van der Waals surface area contributed by atoms with Gasteiger partial charge in [0.2, 0.25) is 0 Å². The van der Waals surface area contributed by atoms with Gasteiger partial charge in [0.1, 0.15) is 10.8 Å². The molecule has 1 heterocycles. The van der Waals surface area contributed by atoms with Gasteiger partial charge in [-0.2, -0.15) is 0 Å². The van der Waals surface area contributed by atoms with E-state index in [1.165, 1.54) is 26.7 Å². The van der Waals surface area contributed by atoms with Crippen molar-refractivity contribution in [2.24, 2.45) is 0 Å². The second-order valence-corrected chi connectivity index (χ2v) is 5.08. The second kappa shape index (κ2) is 3.61. The standard InChI is InChI=1S/C8H4FNS3/c9-6-4-2-1-3-5(6)7-10-8(11)13-12-7/h1-4H. The Hall–Kier alpha value is -0.650. The number of hydrogen-bond acceptors (Lipinski definition) is 4. The van der Waals surface area contributed by atoms with Crippen LogP contribution in [-0.2, 0) is 0 Å². The number of nitrogens with zero attached hydrogens (tertiary/aromatic N) is 1. The SMILES string of the molecule is Fc1ccccc1-c1nc(=S)ss1. The van der Waals surface area contributed by atoms with E-state index in [-0.39, 0.29) is 5.82 Å². The zero-order valence-corrected chi connectivity index (χ0v) is 8.81. The molecule has 1 aromatic carbocycles. The van der Waals surface area contributed by atoms with Crippen molar-refractivity contribution in [3.63, 3.8) is 0 Å². The predicted octanol–water partition coefficient (Wildman–Crippen LogP) is 3.74. The van der Waals surface area contributed by atoms with Crippen LogP contribution in [0.15, 0.2) is 24.3 Å². The topological polar surface area (TPSA) is 12.9 Å². The zero-order chi connectivity index (χ0) is 9.26. The van der Waals surface area contributed by atoms with E-state index in [1.807, 2.05) is 0 Å². The minimum atomic E-state index is -0.251. The molecular formula is C8H4FNS3. The minimum absolute atomic E-state index is 0.251. The molecular weight excluding hydrogens is 225 g/mol. The van der Waals surface area contributed by atoms with Crippen LogP contribution in [0, 0.1) is 9.77 Å². The molecule has 0 spiro atoms. The number of hydrogen-bond donors (Lipinski definition) is 0. The fourth-order valence-electron chi connectivity index (χ4n) is 0.935. The maximum atomic E-state index is 13.2. The van der Waals surface area contributed by atoms with Crippen molar-refractivity contribution >= 4 is 32.9 Å². The summed E-state index contributed by atoms with van der Waals surface area (Å²) >= 11 is 4.87. The van der Waals surface area contributed by atoms with Crippen molar-refractivity contribution in [1.82, 2.24) is 4.98 Å². The van der Waals surface area contributed by atoms with E-state index in [1.54, 1.807) is 18.2 Å². The molecule has 0 fully saturated rings. The van der Waals surface area contributed by atoms with Gasteiger partial charge in [-0.05, 0) is 34.7 Å². The van der Waals surface area contributed by atoms with E-state index < -0.39 is 0 Å². The van der Waals surface area contributed by atoms with E-state index in [0.29, 0.717) is 14.5 Å². The molecule has 0 aliphatic heterocycles. The van der Waals surface area contributed by atoms with Crippen molar-refractivity contribution < 1.29 is 4.39 Å². The first kappa shape index (κ1) is 8.93. The summed E-state index contributed by atoms with van der Waals surface area (Å²) in [5.74, 6) is -0.251. The van der Waals surface area contributed by atoms with E-state index in [4.69, 9.17) is 12.2 Å². The van der Waals surface area contributed by atoms with Gasteiger partial charge in [0.15, 0.2) is 3.95 Å². The second-order valence-electron chi connectivity index (χ2n) is 2.33. The molecule has 0 bridgehead atoms. The molecule has 1 aromatic heterocycles.